The predicted molar refractivity (Wildman–Crippen MR) is 78.2 cm³/mol. The first-order valence-corrected chi connectivity index (χ1v) is 6.47. The monoisotopic (exact) mass is 284 g/mol. The van der Waals surface area contributed by atoms with Gasteiger partial charge in [0.05, 0.1) is 6.61 Å². The largest absolute Gasteiger partial charge is 0.494 e. The van der Waals surface area contributed by atoms with Crippen molar-refractivity contribution in [1.82, 2.24) is 10.2 Å². The molecule has 1 N–H and O–H groups in total. The number of rotatable bonds is 3. The van der Waals surface area contributed by atoms with E-state index in [2.05, 4.69) is 12.2 Å². The van der Waals surface area contributed by atoms with Gasteiger partial charge in [0.1, 0.15) is 5.75 Å². The molecule has 1 heterocycles. The smallest absolute Gasteiger partial charge is 0.254 e. The first kappa shape index (κ1) is 15.8. The first-order chi connectivity index (χ1) is 8.72. The number of hydrogen-bond acceptors (Lipinski definition) is 3. The minimum Gasteiger partial charge on any atom is -0.494 e. The summed E-state index contributed by atoms with van der Waals surface area (Å²) in [5, 5.41) is 3.28. The van der Waals surface area contributed by atoms with Crippen molar-refractivity contribution in [3.8, 4) is 5.75 Å². The van der Waals surface area contributed by atoms with E-state index in [-0.39, 0.29) is 24.4 Å². The molecule has 5 heteroatoms. The van der Waals surface area contributed by atoms with E-state index in [4.69, 9.17) is 4.74 Å². The Kier molecular flexibility index (Phi) is 6.12. The fraction of sp³-hybridized carbons (Fsp3) is 0.500. The third-order valence-corrected chi connectivity index (χ3v) is 3.17. The Balaban J connectivity index is 0.00000180. The van der Waals surface area contributed by atoms with Gasteiger partial charge in [-0.3, -0.25) is 4.79 Å². The van der Waals surface area contributed by atoms with Crippen molar-refractivity contribution in [2.75, 3.05) is 26.2 Å². The van der Waals surface area contributed by atoms with Gasteiger partial charge in [-0.25, -0.2) is 0 Å². The maximum atomic E-state index is 12.3. The summed E-state index contributed by atoms with van der Waals surface area (Å²) in [6.45, 7) is 7.16. The molecule has 0 aromatic heterocycles. The molecule has 1 aromatic rings. The van der Waals surface area contributed by atoms with Gasteiger partial charge in [-0.1, -0.05) is 0 Å². The topological polar surface area (TPSA) is 41.6 Å². The molecule has 1 amide bonds. The summed E-state index contributed by atoms with van der Waals surface area (Å²) < 4.78 is 5.37. The second-order valence-corrected chi connectivity index (χ2v) is 4.51. The molecule has 1 aliphatic heterocycles. The van der Waals surface area contributed by atoms with Crippen LogP contribution >= 0.6 is 12.4 Å². The van der Waals surface area contributed by atoms with Gasteiger partial charge in [-0.15, -0.1) is 12.4 Å². The number of piperazine rings is 1. The Labute approximate surface area is 120 Å². The summed E-state index contributed by atoms with van der Waals surface area (Å²) >= 11 is 0. The molecular formula is C14H21ClN2O2. The average Bonchev–Trinajstić information content (AvgIpc) is 2.40. The minimum absolute atomic E-state index is 0. The van der Waals surface area contributed by atoms with E-state index in [9.17, 15) is 4.79 Å². The van der Waals surface area contributed by atoms with Crippen LogP contribution in [0.3, 0.4) is 0 Å². The van der Waals surface area contributed by atoms with Crippen molar-refractivity contribution in [2.24, 2.45) is 0 Å². The summed E-state index contributed by atoms with van der Waals surface area (Å²) in [6, 6.07) is 7.62. The van der Waals surface area contributed by atoms with Crippen molar-refractivity contribution in [3.05, 3.63) is 29.8 Å². The van der Waals surface area contributed by atoms with Crippen LogP contribution in [0.5, 0.6) is 5.75 Å². The van der Waals surface area contributed by atoms with E-state index in [0.717, 1.165) is 30.9 Å². The SMILES string of the molecule is CCOc1ccc(C(=O)N2CCNC[C@H]2C)cc1.Cl. The highest BCUT2D eigenvalue weighted by atomic mass is 35.5. The molecule has 0 saturated carbocycles. The number of hydrogen-bond donors (Lipinski definition) is 1. The van der Waals surface area contributed by atoms with Crippen LogP contribution < -0.4 is 10.1 Å². The molecule has 0 radical (unpaired) electrons. The summed E-state index contributed by atoms with van der Waals surface area (Å²) in [5.41, 5.74) is 0.729. The van der Waals surface area contributed by atoms with Crippen LogP contribution in [0.25, 0.3) is 0 Å². The fourth-order valence-electron chi connectivity index (χ4n) is 2.17. The Morgan fingerprint density at radius 2 is 2.11 bits per heavy atom. The van der Waals surface area contributed by atoms with Crippen LogP contribution in [0, 0.1) is 0 Å². The minimum atomic E-state index is 0. The van der Waals surface area contributed by atoms with Crippen molar-refractivity contribution < 1.29 is 9.53 Å². The predicted octanol–water partition coefficient (Wildman–Crippen LogP) is 1.94. The zero-order chi connectivity index (χ0) is 13.0. The molecule has 1 atom stereocenters. The van der Waals surface area contributed by atoms with Crippen LogP contribution in [0.4, 0.5) is 0 Å². The van der Waals surface area contributed by atoms with Crippen molar-refractivity contribution in [1.29, 1.82) is 0 Å². The van der Waals surface area contributed by atoms with E-state index in [1.807, 2.05) is 36.1 Å². The maximum absolute atomic E-state index is 12.3. The molecule has 4 nitrogen and oxygen atoms in total. The number of nitrogens with zero attached hydrogens (tertiary/aromatic N) is 1. The fourth-order valence-corrected chi connectivity index (χ4v) is 2.17. The van der Waals surface area contributed by atoms with Crippen LogP contribution in [0.1, 0.15) is 24.2 Å². The molecule has 1 aromatic carbocycles. The lowest BCUT2D eigenvalue weighted by Gasteiger charge is -2.34. The molecule has 0 unspecified atom stereocenters. The molecule has 1 aliphatic rings. The number of halogens is 1. The molecule has 19 heavy (non-hydrogen) atoms. The quantitative estimate of drug-likeness (QED) is 0.922. The van der Waals surface area contributed by atoms with Crippen LogP contribution in [-0.4, -0.2) is 43.1 Å². The molecule has 0 aliphatic carbocycles. The van der Waals surface area contributed by atoms with Crippen molar-refractivity contribution in [3.63, 3.8) is 0 Å². The lowest BCUT2D eigenvalue weighted by molar-refractivity contribution is 0.0656. The average molecular weight is 285 g/mol. The number of ether oxygens (including phenoxy) is 1. The van der Waals surface area contributed by atoms with E-state index >= 15 is 0 Å². The second-order valence-electron chi connectivity index (χ2n) is 4.51. The molecule has 2 rings (SSSR count). The summed E-state index contributed by atoms with van der Waals surface area (Å²) in [4.78, 5) is 14.3. The van der Waals surface area contributed by atoms with E-state index < -0.39 is 0 Å². The molecule has 1 saturated heterocycles. The van der Waals surface area contributed by atoms with Gasteiger partial charge in [0.2, 0.25) is 0 Å². The van der Waals surface area contributed by atoms with Crippen LogP contribution in [0.15, 0.2) is 24.3 Å². The van der Waals surface area contributed by atoms with Crippen molar-refractivity contribution >= 4 is 18.3 Å². The highest BCUT2D eigenvalue weighted by Gasteiger charge is 2.23. The zero-order valence-electron chi connectivity index (χ0n) is 11.4. The van der Waals surface area contributed by atoms with Gasteiger partial charge in [0, 0.05) is 31.2 Å². The van der Waals surface area contributed by atoms with Gasteiger partial charge in [0.15, 0.2) is 0 Å². The summed E-state index contributed by atoms with van der Waals surface area (Å²) in [6.07, 6.45) is 0. The van der Waals surface area contributed by atoms with E-state index in [1.54, 1.807) is 0 Å². The molecule has 0 bridgehead atoms. The third kappa shape index (κ3) is 3.85. The van der Waals surface area contributed by atoms with Gasteiger partial charge in [-0.2, -0.15) is 0 Å². The van der Waals surface area contributed by atoms with Gasteiger partial charge in [-0.05, 0) is 38.1 Å². The Bertz CT molecular complexity index is 408. The Hall–Kier alpha value is -1.26. The van der Waals surface area contributed by atoms with Gasteiger partial charge in [0.25, 0.3) is 5.91 Å². The second kappa shape index (κ2) is 7.36. The number of carbonyl (C=O) groups excluding carboxylic acids is 1. The van der Waals surface area contributed by atoms with Crippen LogP contribution in [0.2, 0.25) is 0 Å². The maximum Gasteiger partial charge on any atom is 0.254 e. The number of carbonyl (C=O) groups is 1. The molecule has 1 fully saturated rings. The summed E-state index contributed by atoms with van der Waals surface area (Å²) in [5.74, 6) is 0.912. The zero-order valence-corrected chi connectivity index (χ0v) is 12.2. The molecular weight excluding hydrogens is 264 g/mol. The van der Waals surface area contributed by atoms with E-state index in [0.29, 0.717) is 6.61 Å². The Morgan fingerprint density at radius 1 is 1.42 bits per heavy atom. The number of amides is 1. The first-order valence-electron chi connectivity index (χ1n) is 6.47. The number of nitrogens with one attached hydrogen (secondary N) is 1. The van der Waals surface area contributed by atoms with Gasteiger partial charge >= 0.3 is 0 Å². The standard InChI is InChI=1S/C14H20N2O2.ClH/c1-3-18-13-6-4-12(5-7-13)14(17)16-9-8-15-10-11(16)2;/h4-7,11,15H,3,8-10H2,1-2H3;1H/t11-;/m1./s1. The highest BCUT2D eigenvalue weighted by molar-refractivity contribution is 5.94. The van der Waals surface area contributed by atoms with Crippen LogP contribution in [-0.2, 0) is 0 Å². The van der Waals surface area contributed by atoms with Crippen molar-refractivity contribution in [2.45, 2.75) is 19.9 Å². The van der Waals surface area contributed by atoms with E-state index in [1.165, 1.54) is 0 Å². The normalized spacial score (nSPS) is 18.6. The Morgan fingerprint density at radius 3 is 2.68 bits per heavy atom. The highest BCUT2D eigenvalue weighted by Crippen LogP contribution is 2.15. The number of benzene rings is 1. The summed E-state index contributed by atoms with van der Waals surface area (Å²) in [7, 11) is 0. The lowest BCUT2D eigenvalue weighted by atomic mass is 10.1. The lowest BCUT2D eigenvalue weighted by Crippen LogP contribution is -2.52. The third-order valence-electron chi connectivity index (χ3n) is 3.17. The molecule has 0 spiro atoms. The van der Waals surface area contributed by atoms with Gasteiger partial charge < -0.3 is 15.0 Å². The molecule has 106 valence electrons.